The molecule has 0 saturated heterocycles. The molecule has 1 aliphatic carbocycles. The molecule has 1 aliphatic heterocycles. The normalized spacial score (nSPS) is 18.4. The molecule has 0 bridgehead atoms. The lowest BCUT2D eigenvalue weighted by Gasteiger charge is -2.21. The average Bonchev–Trinajstić information content (AvgIpc) is 3.64. The van der Waals surface area contributed by atoms with Crippen molar-refractivity contribution in [3.05, 3.63) is 76.0 Å². The molecule has 1 amide bonds. The molecule has 2 aliphatic rings. The number of methoxy groups -OCH3 is 2. The minimum absolute atomic E-state index is 0.133. The van der Waals surface area contributed by atoms with Crippen LogP contribution in [0.2, 0.25) is 10.0 Å². The number of halogens is 2. The SMILES string of the molecule is COc1ccc(C(=O)Nc2c(Cl)cncc2Cl)cc1OCC1(C)C=C(c2ccc(OC)c(OC3CCCC3)c2)NO1. The van der Waals surface area contributed by atoms with Gasteiger partial charge >= 0.3 is 0 Å². The van der Waals surface area contributed by atoms with E-state index in [9.17, 15) is 4.79 Å². The highest BCUT2D eigenvalue weighted by Crippen LogP contribution is 2.37. The number of nitrogens with one attached hydrogen (secondary N) is 2. The number of benzene rings is 2. The molecule has 216 valence electrons. The van der Waals surface area contributed by atoms with Gasteiger partial charge in [-0.2, -0.15) is 0 Å². The van der Waals surface area contributed by atoms with Gasteiger partial charge in [0.2, 0.25) is 0 Å². The molecule has 2 aromatic carbocycles. The van der Waals surface area contributed by atoms with E-state index in [0.717, 1.165) is 24.1 Å². The zero-order valence-electron chi connectivity index (χ0n) is 23.0. The number of aromatic nitrogens is 1. The van der Waals surface area contributed by atoms with E-state index in [4.69, 9.17) is 47.0 Å². The van der Waals surface area contributed by atoms with Crippen LogP contribution < -0.4 is 29.7 Å². The monoisotopic (exact) mass is 599 g/mol. The summed E-state index contributed by atoms with van der Waals surface area (Å²) in [7, 11) is 3.16. The van der Waals surface area contributed by atoms with Crippen LogP contribution in [0.3, 0.4) is 0 Å². The minimum Gasteiger partial charge on any atom is -0.493 e. The van der Waals surface area contributed by atoms with Gasteiger partial charge in [0.1, 0.15) is 12.2 Å². The summed E-state index contributed by atoms with van der Waals surface area (Å²) < 4.78 is 23.3. The summed E-state index contributed by atoms with van der Waals surface area (Å²) in [5, 5.41) is 3.18. The molecule has 5 rings (SSSR count). The van der Waals surface area contributed by atoms with Crippen LogP contribution in [-0.4, -0.2) is 43.4 Å². The van der Waals surface area contributed by atoms with E-state index in [0.29, 0.717) is 28.6 Å². The van der Waals surface area contributed by atoms with Crippen molar-refractivity contribution >= 4 is 40.5 Å². The number of rotatable bonds is 10. The van der Waals surface area contributed by atoms with Crippen molar-refractivity contribution < 1.29 is 28.6 Å². The third-order valence-corrected chi connectivity index (χ3v) is 7.52. The molecular formula is C30H31Cl2N3O6. The van der Waals surface area contributed by atoms with Crippen molar-refractivity contribution in [1.29, 1.82) is 0 Å². The Morgan fingerprint density at radius 2 is 1.71 bits per heavy atom. The topological polar surface area (TPSA) is 100 Å². The van der Waals surface area contributed by atoms with Gasteiger partial charge < -0.3 is 24.3 Å². The number of nitrogens with zero attached hydrogens (tertiary/aromatic N) is 1. The maximum atomic E-state index is 13.0. The average molecular weight is 600 g/mol. The third-order valence-electron chi connectivity index (χ3n) is 6.95. The minimum atomic E-state index is -0.816. The van der Waals surface area contributed by atoms with E-state index in [1.165, 1.54) is 32.3 Å². The first-order valence-corrected chi connectivity index (χ1v) is 14.0. The largest absolute Gasteiger partial charge is 0.493 e. The maximum Gasteiger partial charge on any atom is 0.255 e. The van der Waals surface area contributed by atoms with Gasteiger partial charge in [0.15, 0.2) is 23.0 Å². The first kappa shape index (κ1) is 28.9. The van der Waals surface area contributed by atoms with Gasteiger partial charge in [-0.3, -0.25) is 20.1 Å². The van der Waals surface area contributed by atoms with Crippen LogP contribution in [-0.2, 0) is 4.84 Å². The lowest BCUT2D eigenvalue weighted by molar-refractivity contribution is -0.0476. The lowest BCUT2D eigenvalue weighted by atomic mass is 10.0. The standard InChI is InChI=1S/C30H31Cl2N3O6/c1-30(14-23(35-41-30)18-8-10-25(38-3)27(12-18)40-20-6-4-5-7-20)17-39-26-13-19(9-11-24(26)37-2)29(36)34-28-21(31)15-33-16-22(28)32/h8-16,20,35H,4-7,17H2,1-3H3,(H,33,34,36). The summed E-state index contributed by atoms with van der Waals surface area (Å²) in [6, 6.07) is 10.7. The molecule has 1 atom stereocenters. The van der Waals surface area contributed by atoms with Gasteiger partial charge in [-0.1, -0.05) is 23.2 Å². The Hall–Kier alpha value is -3.66. The van der Waals surface area contributed by atoms with Crippen molar-refractivity contribution in [2.24, 2.45) is 0 Å². The Bertz CT molecular complexity index is 1440. The first-order valence-electron chi connectivity index (χ1n) is 13.2. The fourth-order valence-corrected chi connectivity index (χ4v) is 5.20. The number of carbonyl (C=O) groups excluding carboxylic acids is 1. The Morgan fingerprint density at radius 3 is 2.41 bits per heavy atom. The van der Waals surface area contributed by atoms with Gasteiger partial charge in [0.25, 0.3) is 5.91 Å². The quantitative estimate of drug-likeness (QED) is 0.266. The molecule has 9 nitrogen and oxygen atoms in total. The molecule has 1 fully saturated rings. The van der Waals surface area contributed by atoms with Gasteiger partial charge in [0, 0.05) is 23.5 Å². The van der Waals surface area contributed by atoms with Crippen LogP contribution in [0, 0.1) is 0 Å². The van der Waals surface area contributed by atoms with Crippen LogP contribution in [0.1, 0.15) is 48.5 Å². The molecule has 1 aromatic heterocycles. The van der Waals surface area contributed by atoms with Gasteiger partial charge in [-0.15, -0.1) is 0 Å². The third kappa shape index (κ3) is 6.64. The highest BCUT2D eigenvalue weighted by molar-refractivity contribution is 6.39. The van der Waals surface area contributed by atoms with E-state index in [-0.39, 0.29) is 28.4 Å². The fraction of sp³-hybridized carbons (Fsp3) is 0.333. The number of anilines is 1. The molecule has 41 heavy (non-hydrogen) atoms. The molecule has 2 heterocycles. The van der Waals surface area contributed by atoms with Gasteiger partial charge in [-0.05, 0) is 75.1 Å². The number of hydrogen-bond acceptors (Lipinski definition) is 8. The van der Waals surface area contributed by atoms with Crippen LogP contribution in [0.15, 0.2) is 54.9 Å². The number of amides is 1. The number of hydroxylamine groups is 1. The molecule has 11 heteroatoms. The summed E-state index contributed by atoms with van der Waals surface area (Å²) in [6.45, 7) is 2.03. The van der Waals surface area contributed by atoms with Crippen LogP contribution in [0.25, 0.3) is 5.70 Å². The summed E-state index contributed by atoms with van der Waals surface area (Å²) in [5.74, 6) is 1.81. The number of ether oxygens (including phenoxy) is 4. The highest BCUT2D eigenvalue weighted by atomic mass is 35.5. The van der Waals surface area contributed by atoms with Crippen LogP contribution in [0.5, 0.6) is 23.0 Å². The number of hydrogen-bond donors (Lipinski definition) is 2. The highest BCUT2D eigenvalue weighted by Gasteiger charge is 2.32. The molecule has 0 radical (unpaired) electrons. The van der Waals surface area contributed by atoms with Crippen molar-refractivity contribution in [2.75, 3.05) is 26.1 Å². The van der Waals surface area contributed by atoms with E-state index in [1.54, 1.807) is 25.3 Å². The molecule has 3 aromatic rings. The molecule has 0 spiro atoms. The van der Waals surface area contributed by atoms with Crippen LogP contribution in [0.4, 0.5) is 5.69 Å². The summed E-state index contributed by atoms with van der Waals surface area (Å²) in [4.78, 5) is 22.8. The van der Waals surface area contributed by atoms with E-state index >= 15 is 0 Å². The second-order valence-corrected chi connectivity index (χ2v) is 10.9. The van der Waals surface area contributed by atoms with Crippen molar-refractivity contribution in [1.82, 2.24) is 10.5 Å². The molecule has 1 unspecified atom stereocenters. The Morgan fingerprint density at radius 1 is 1.02 bits per heavy atom. The second kappa shape index (κ2) is 12.5. The molecule has 2 N–H and O–H groups in total. The number of carbonyl (C=O) groups is 1. The Balaban J connectivity index is 1.30. The lowest BCUT2D eigenvalue weighted by Crippen LogP contribution is -2.33. The predicted molar refractivity (Wildman–Crippen MR) is 157 cm³/mol. The summed E-state index contributed by atoms with van der Waals surface area (Å²) in [5.41, 5.74) is 4.47. The van der Waals surface area contributed by atoms with E-state index in [2.05, 4.69) is 15.8 Å². The Kier molecular flexibility index (Phi) is 8.77. The zero-order valence-corrected chi connectivity index (χ0v) is 24.5. The fourth-order valence-electron chi connectivity index (χ4n) is 4.74. The number of pyridine rings is 1. The van der Waals surface area contributed by atoms with Crippen LogP contribution >= 0.6 is 23.2 Å². The second-order valence-electron chi connectivity index (χ2n) is 10.1. The van der Waals surface area contributed by atoms with Crippen molar-refractivity contribution in [2.45, 2.75) is 44.3 Å². The van der Waals surface area contributed by atoms with E-state index < -0.39 is 11.5 Å². The zero-order chi connectivity index (χ0) is 29.0. The Labute approximate surface area is 248 Å². The van der Waals surface area contributed by atoms with E-state index in [1.807, 2.05) is 31.2 Å². The molecular weight excluding hydrogens is 569 g/mol. The molecule has 1 saturated carbocycles. The van der Waals surface area contributed by atoms with Crippen molar-refractivity contribution in [3.8, 4) is 23.0 Å². The summed E-state index contributed by atoms with van der Waals surface area (Å²) >= 11 is 12.3. The van der Waals surface area contributed by atoms with Crippen molar-refractivity contribution in [3.63, 3.8) is 0 Å². The predicted octanol–water partition coefficient (Wildman–Crippen LogP) is 6.69. The van der Waals surface area contributed by atoms with Gasteiger partial charge in [-0.25, -0.2) is 0 Å². The smallest absolute Gasteiger partial charge is 0.255 e. The van der Waals surface area contributed by atoms with Gasteiger partial charge in [0.05, 0.1) is 41.8 Å². The summed E-state index contributed by atoms with van der Waals surface area (Å²) in [6.07, 6.45) is 9.40. The maximum absolute atomic E-state index is 13.0. The first-order chi connectivity index (χ1) is 19.8.